The van der Waals surface area contributed by atoms with Crippen molar-refractivity contribution >= 4 is 33.0 Å². The molecule has 1 aliphatic heterocycles. The van der Waals surface area contributed by atoms with E-state index in [0.29, 0.717) is 28.6 Å². The molecule has 1 saturated heterocycles. The second-order valence-corrected chi connectivity index (χ2v) is 9.77. The Balaban J connectivity index is 1.70. The van der Waals surface area contributed by atoms with Crippen molar-refractivity contribution in [2.75, 3.05) is 23.9 Å². The molecule has 9 heteroatoms. The van der Waals surface area contributed by atoms with Gasteiger partial charge in [-0.15, -0.1) is 0 Å². The van der Waals surface area contributed by atoms with Crippen LogP contribution in [0.25, 0.3) is 11.3 Å². The lowest BCUT2D eigenvalue weighted by molar-refractivity contribution is 0.102. The molecule has 1 N–H and O–H groups in total. The third-order valence-electron chi connectivity index (χ3n) is 4.99. The number of anilines is 1. The summed E-state index contributed by atoms with van der Waals surface area (Å²) in [7, 11) is -1.53. The fourth-order valence-corrected chi connectivity index (χ4v) is 5.37. The second kappa shape index (κ2) is 8.12. The number of nitrogens with zero attached hydrogens (tertiary/aromatic N) is 2. The van der Waals surface area contributed by atoms with Crippen LogP contribution in [0.1, 0.15) is 23.0 Å². The van der Waals surface area contributed by atoms with Crippen LogP contribution in [-0.4, -0.2) is 42.7 Å². The van der Waals surface area contributed by atoms with Crippen LogP contribution in [0.15, 0.2) is 54.6 Å². The summed E-state index contributed by atoms with van der Waals surface area (Å²) in [6.45, 7) is 0. The van der Waals surface area contributed by atoms with Gasteiger partial charge < -0.3 is 10.1 Å². The third kappa shape index (κ3) is 4.34. The van der Waals surface area contributed by atoms with Crippen LogP contribution >= 0.6 is 11.6 Å². The SMILES string of the molecule is COc1ccc(-c2cc(C(=O)Nc3cccc(Cl)c3)nn2[C@H]2CCS(=O)(=O)C2)cc1. The van der Waals surface area contributed by atoms with Gasteiger partial charge in [-0.3, -0.25) is 9.48 Å². The standard InChI is InChI=1S/C21H20ClN3O4S/c1-29-18-7-5-14(6-8-18)20-12-19(21(26)23-16-4-2-3-15(22)11-16)24-25(20)17-9-10-30(27,28)13-17/h2-8,11-12,17H,9-10,13H2,1H3,(H,23,26)/t17-/m0/s1. The molecule has 0 saturated carbocycles. The van der Waals surface area contributed by atoms with Gasteiger partial charge in [0.25, 0.3) is 5.91 Å². The molecule has 2 aromatic carbocycles. The van der Waals surface area contributed by atoms with Crippen molar-refractivity contribution in [2.24, 2.45) is 0 Å². The maximum Gasteiger partial charge on any atom is 0.276 e. The minimum Gasteiger partial charge on any atom is -0.497 e. The number of rotatable bonds is 5. The Bertz CT molecular complexity index is 1190. The molecule has 1 amide bonds. The van der Waals surface area contributed by atoms with Crippen molar-refractivity contribution in [2.45, 2.75) is 12.5 Å². The number of carbonyl (C=O) groups excluding carboxylic acids is 1. The van der Waals surface area contributed by atoms with Crippen molar-refractivity contribution < 1.29 is 17.9 Å². The molecule has 156 valence electrons. The smallest absolute Gasteiger partial charge is 0.276 e. The minimum atomic E-state index is -3.11. The van der Waals surface area contributed by atoms with Gasteiger partial charge in [-0.25, -0.2) is 8.42 Å². The van der Waals surface area contributed by atoms with E-state index in [-0.39, 0.29) is 23.2 Å². The highest BCUT2D eigenvalue weighted by molar-refractivity contribution is 7.91. The van der Waals surface area contributed by atoms with Gasteiger partial charge in [0.1, 0.15) is 5.75 Å². The molecule has 1 atom stereocenters. The van der Waals surface area contributed by atoms with E-state index in [1.165, 1.54) is 0 Å². The molecule has 3 aromatic rings. The average molecular weight is 446 g/mol. The van der Waals surface area contributed by atoms with E-state index < -0.39 is 15.7 Å². The summed E-state index contributed by atoms with van der Waals surface area (Å²) in [5.74, 6) is 0.426. The van der Waals surface area contributed by atoms with Gasteiger partial charge in [-0.1, -0.05) is 17.7 Å². The summed E-state index contributed by atoms with van der Waals surface area (Å²) in [6, 6.07) is 15.5. The van der Waals surface area contributed by atoms with Gasteiger partial charge in [0.05, 0.1) is 30.4 Å². The minimum absolute atomic E-state index is 0.00713. The maximum absolute atomic E-state index is 12.8. The average Bonchev–Trinajstić information content (AvgIpc) is 3.31. The number of nitrogens with one attached hydrogen (secondary N) is 1. The Morgan fingerprint density at radius 3 is 2.60 bits per heavy atom. The van der Waals surface area contributed by atoms with Crippen LogP contribution in [0, 0.1) is 0 Å². The zero-order valence-electron chi connectivity index (χ0n) is 16.2. The molecule has 0 aliphatic carbocycles. The predicted octanol–water partition coefficient (Wildman–Crippen LogP) is 3.82. The molecule has 0 bridgehead atoms. The molecule has 1 aliphatic rings. The number of amides is 1. The van der Waals surface area contributed by atoms with Crippen LogP contribution in [0.3, 0.4) is 0 Å². The Kier molecular flexibility index (Phi) is 5.53. The molecule has 30 heavy (non-hydrogen) atoms. The Morgan fingerprint density at radius 2 is 1.97 bits per heavy atom. The lowest BCUT2D eigenvalue weighted by Gasteiger charge is -2.13. The van der Waals surface area contributed by atoms with E-state index in [1.54, 1.807) is 42.1 Å². The summed E-state index contributed by atoms with van der Waals surface area (Å²) >= 11 is 5.98. The third-order valence-corrected chi connectivity index (χ3v) is 6.98. The maximum atomic E-state index is 12.8. The van der Waals surface area contributed by atoms with Gasteiger partial charge in [0.2, 0.25) is 0 Å². The summed E-state index contributed by atoms with van der Waals surface area (Å²) in [5, 5.41) is 7.76. The van der Waals surface area contributed by atoms with Crippen LogP contribution in [0.5, 0.6) is 5.75 Å². The number of carbonyl (C=O) groups is 1. The van der Waals surface area contributed by atoms with E-state index in [0.717, 1.165) is 5.56 Å². The van der Waals surface area contributed by atoms with Gasteiger partial charge in [0.15, 0.2) is 15.5 Å². The molecule has 7 nitrogen and oxygen atoms in total. The first kappa shape index (κ1) is 20.4. The molecule has 1 aromatic heterocycles. The molecule has 0 spiro atoms. The highest BCUT2D eigenvalue weighted by atomic mass is 35.5. The Morgan fingerprint density at radius 1 is 1.20 bits per heavy atom. The highest BCUT2D eigenvalue weighted by Crippen LogP contribution is 2.31. The van der Waals surface area contributed by atoms with Crippen LogP contribution in [0.4, 0.5) is 5.69 Å². The monoisotopic (exact) mass is 445 g/mol. The van der Waals surface area contributed by atoms with E-state index in [4.69, 9.17) is 16.3 Å². The number of hydrogen-bond donors (Lipinski definition) is 1. The summed E-state index contributed by atoms with van der Waals surface area (Å²) < 4.78 is 30.9. The molecule has 1 fully saturated rings. The van der Waals surface area contributed by atoms with E-state index in [1.807, 2.05) is 24.3 Å². The van der Waals surface area contributed by atoms with Crippen LogP contribution in [-0.2, 0) is 9.84 Å². The molecular weight excluding hydrogens is 426 g/mol. The van der Waals surface area contributed by atoms with Crippen molar-refractivity contribution in [1.29, 1.82) is 0 Å². The normalized spacial score (nSPS) is 17.6. The quantitative estimate of drug-likeness (QED) is 0.644. The summed E-state index contributed by atoms with van der Waals surface area (Å²) in [6.07, 6.45) is 0.461. The number of hydrogen-bond acceptors (Lipinski definition) is 5. The van der Waals surface area contributed by atoms with Crippen molar-refractivity contribution in [3.63, 3.8) is 0 Å². The summed E-state index contributed by atoms with van der Waals surface area (Å²) in [5.41, 5.74) is 2.24. The van der Waals surface area contributed by atoms with E-state index in [9.17, 15) is 13.2 Å². The zero-order valence-corrected chi connectivity index (χ0v) is 17.8. The van der Waals surface area contributed by atoms with Gasteiger partial charge >= 0.3 is 0 Å². The fourth-order valence-electron chi connectivity index (χ4n) is 3.49. The largest absolute Gasteiger partial charge is 0.497 e. The first-order valence-electron chi connectivity index (χ1n) is 9.36. The topological polar surface area (TPSA) is 90.3 Å². The number of sulfone groups is 1. The number of halogens is 1. The molecule has 0 unspecified atom stereocenters. The van der Waals surface area contributed by atoms with E-state index >= 15 is 0 Å². The lowest BCUT2D eigenvalue weighted by Crippen LogP contribution is -2.16. The molecular formula is C21H20ClN3O4S. The first-order chi connectivity index (χ1) is 14.3. The first-order valence-corrected chi connectivity index (χ1v) is 11.6. The van der Waals surface area contributed by atoms with Gasteiger partial charge in [-0.2, -0.15) is 5.10 Å². The molecule has 4 rings (SSSR count). The fraction of sp³-hybridized carbons (Fsp3) is 0.238. The zero-order chi connectivity index (χ0) is 21.3. The second-order valence-electron chi connectivity index (χ2n) is 7.11. The van der Waals surface area contributed by atoms with Crippen molar-refractivity contribution in [3.05, 3.63) is 65.3 Å². The Hall–Kier alpha value is -2.84. The van der Waals surface area contributed by atoms with Gasteiger partial charge in [0, 0.05) is 16.3 Å². The molecule has 2 heterocycles. The number of aromatic nitrogens is 2. The van der Waals surface area contributed by atoms with Crippen molar-refractivity contribution in [1.82, 2.24) is 9.78 Å². The highest BCUT2D eigenvalue weighted by Gasteiger charge is 2.32. The van der Waals surface area contributed by atoms with Crippen LogP contribution < -0.4 is 10.1 Å². The summed E-state index contributed by atoms with van der Waals surface area (Å²) in [4.78, 5) is 12.8. The lowest BCUT2D eigenvalue weighted by atomic mass is 10.1. The van der Waals surface area contributed by atoms with Crippen LogP contribution in [0.2, 0.25) is 5.02 Å². The Labute approximate surface area is 179 Å². The molecule has 0 radical (unpaired) electrons. The van der Waals surface area contributed by atoms with Crippen molar-refractivity contribution in [3.8, 4) is 17.0 Å². The van der Waals surface area contributed by atoms with E-state index in [2.05, 4.69) is 10.4 Å². The number of methoxy groups -OCH3 is 1. The predicted molar refractivity (Wildman–Crippen MR) is 116 cm³/mol. The van der Waals surface area contributed by atoms with Gasteiger partial charge in [-0.05, 0) is 55.0 Å². The number of benzene rings is 2. The number of ether oxygens (including phenoxy) is 1.